The summed E-state index contributed by atoms with van der Waals surface area (Å²) >= 11 is 0. The zero-order chi connectivity index (χ0) is 16.2. The lowest BCUT2D eigenvalue weighted by Crippen LogP contribution is -2.34. The maximum atomic E-state index is 11.8. The van der Waals surface area contributed by atoms with E-state index in [2.05, 4.69) is 15.8 Å². The van der Waals surface area contributed by atoms with Crippen molar-refractivity contribution in [2.75, 3.05) is 13.1 Å². The van der Waals surface area contributed by atoms with Crippen LogP contribution in [0.1, 0.15) is 62.2 Å². The minimum Gasteiger partial charge on any atom is -0.444 e. The Morgan fingerprint density at radius 1 is 1.32 bits per heavy atom. The van der Waals surface area contributed by atoms with Crippen LogP contribution in [-0.4, -0.2) is 35.8 Å². The van der Waals surface area contributed by atoms with E-state index in [9.17, 15) is 9.59 Å². The van der Waals surface area contributed by atoms with Crippen molar-refractivity contribution in [2.45, 2.75) is 51.6 Å². The van der Waals surface area contributed by atoms with Crippen LogP contribution in [-0.2, 0) is 4.74 Å². The highest BCUT2D eigenvalue weighted by atomic mass is 16.6. The lowest BCUT2D eigenvalue weighted by Gasteiger charge is -2.19. The standard InChI is InChI=1S/C15H23N3O4/c1-15(2,3)21-14(20)17-8-4-7-16-13(19)11-9-12(22-18-11)10-5-6-10/h9-10H,4-8H2,1-3H3,(H,16,19)(H,17,20). The summed E-state index contributed by atoms with van der Waals surface area (Å²) in [5, 5.41) is 9.14. The van der Waals surface area contributed by atoms with Crippen molar-refractivity contribution in [2.24, 2.45) is 0 Å². The van der Waals surface area contributed by atoms with E-state index in [1.165, 1.54) is 0 Å². The fourth-order valence-electron chi connectivity index (χ4n) is 1.84. The van der Waals surface area contributed by atoms with Crippen LogP contribution in [0.2, 0.25) is 0 Å². The molecule has 0 saturated heterocycles. The first kappa shape index (κ1) is 16.3. The molecule has 1 saturated carbocycles. The maximum Gasteiger partial charge on any atom is 0.407 e. The molecule has 0 aliphatic heterocycles. The van der Waals surface area contributed by atoms with E-state index in [4.69, 9.17) is 9.26 Å². The van der Waals surface area contributed by atoms with E-state index in [0.717, 1.165) is 18.6 Å². The summed E-state index contributed by atoms with van der Waals surface area (Å²) in [7, 11) is 0. The quantitative estimate of drug-likeness (QED) is 0.786. The van der Waals surface area contributed by atoms with Crippen LogP contribution >= 0.6 is 0 Å². The van der Waals surface area contributed by atoms with Gasteiger partial charge in [0.1, 0.15) is 11.4 Å². The van der Waals surface area contributed by atoms with Gasteiger partial charge in [0.05, 0.1) is 0 Å². The minimum atomic E-state index is -0.509. The van der Waals surface area contributed by atoms with E-state index in [-0.39, 0.29) is 5.91 Å². The molecule has 2 amide bonds. The van der Waals surface area contributed by atoms with Crippen molar-refractivity contribution < 1.29 is 18.8 Å². The van der Waals surface area contributed by atoms with Crippen LogP contribution in [0.25, 0.3) is 0 Å². The zero-order valence-corrected chi connectivity index (χ0v) is 13.3. The van der Waals surface area contributed by atoms with Crippen LogP contribution in [0.3, 0.4) is 0 Å². The van der Waals surface area contributed by atoms with Gasteiger partial charge in [-0.05, 0) is 40.0 Å². The first-order valence-corrected chi connectivity index (χ1v) is 7.57. The molecule has 7 heteroatoms. The summed E-state index contributed by atoms with van der Waals surface area (Å²) in [5.41, 5.74) is -0.202. The monoisotopic (exact) mass is 309 g/mol. The molecule has 0 atom stereocenters. The van der Waals surface area contributed by atoms with E-state index in [0.29, 0.717) is 31.1 Å². The molecule has 2 rings (SSSR count). The Bertz CT molecular complexity index is 529. The van der Waals surface area contributed by atoms with Gasteiger partial charge in [-0.2, -0.15) is 0 Å². The molecule has 2 N–H and O–H groups in total. The number of carbonyl (C=O) groups is 2. The van der Waals surface area contributed by atoms with Crippen LogP contribution in [0, 0.1) is 0 Å². The van der Waals surface area contributed by atoms with Crippen molar-refractivity contribution >= 4 is 12.0 Å². The molecular formula is C15H23N3O4. The average Bonchev–Trinajstić information content (AvgIpc) is 3.13. The smallest absolute Gasteiger partial charge is 0.407 e. The number of nitrogens with one attached hydrogen (secondary N) is 2. The Hall–Kier alpha value is -2.05. The van der Waals surface area contributed by atoms with E-state index >= 15 is 0 Å². The molecule has 7 nitrogen and oxygen atoms in total. The molecule has 122 valence electrons. The molecule has 0 radical (unpaired) electrons. The Morgan fingerprint density at radius 2 is 2.00 bits per heavy atom. The fraction of sp³-hybridized carbons (Fsp3) is 0.667. The summed E-state index contributed by atoms with van der Waals surface area (Å²) in [5.74, 6) is 0.969. The predicted octanol–water partition coefficient (Wildman–Crippen LogP) is 2.20. The lowest BCUT2D eigenvalue weighted by atomic mass is 10.2. The number of carbonyl (C=O) groups excluding carboxylic acids is 2. The maximum absolute atomic E-state index is 11.8. The van der Waals surface area contributed by atoms with Crippen LogP contribution in [0.15, 0.2) is 10.6 Å². The third-order valence-corrected chi connectivity index (χ3v) is 3.05. The molecule has 0 bridgehead atoms. The molecule has 0 unspecified atom stereocenters. The number of aromatic nitrogens is 1. The van der Waals surface area contributed by atoms with Gasteiger partial charge in [-0.15, -0.1) is 0 Å². The third-order valence-electron chi connectivity index (χ3n) is 3.05. The number of ether oxygens (including phenoxy) is 1. The van der Waals surface area contributed by atoms with E-state index < -0.39 is 11.7 Å². The number of rotatable bonds is 6. The molecule has 1 aromatic heterocycles. The summed E-state index contributed by atoms with van der Waals surface area (Å²) < 4.78 is 10.2. The third kappa shape index (κ3) is 5.38. The van der Waals surface area contributed by atoms with Crippen LogP contribution in [0.4, 0.5) is 4.79 Å². The van der Waals surface area contributed by atoms with E-state index in [1.807, 2.05) is 0 Å². The molecule has 1 aromatic rings. The molecule has 0 aromatic carbocycles. The van der Waals surface area contributed by atoms with Crippen molar-refractivity contribution in [3.63, 3.8) is 0 Å². The topological polar surface area (TPSA) is 93.5 Å². The predicted molar refractivity (Wildman–Crippen MR) is 79.7 cm³/mol. The first-order valence-electron chi connectivity index (χ1n) is 7.57. The molecule has 1 heterocycles. The van der Waals surface area contributed by atoms with Gasteiger partial charge in [0.15, 0.2) is 5.69 Å². The van der Waals surface area contributed by atoms with Gasteiger partial charge in [-0.1, -0.05) is 5.16 Å². The van der Waals surface area contributed by atoms with Gasteiger partial charge < -0.3 is 19.9 Å². The number of hydrogen-bond acceptors (Lipinski definition) is 5. The van der Waals surface area contributed by atoms with Gasteiger partial charge in [0, 0.05) is 25.1 Å². The molecule has 22 heavy (non-hydrogen) atoms. The summed E-state index contributed by atoms with van der Waals surface area (Å²) in [6.45, 7) is 6.30. The second-order valence-electron chi connectivity index (χ2n) is 6.43. The summed E-state index contributed by atoms with van der Waals surface area (Å²) in [4.78, 5) is 23.2. The number of hydrogen-bond donors (Lipinski definition) is 2. The molecular weight excluding hydrogens is 286 g/mol. The van der Waals surface area contributed by atoms with Gasteiger partial charge in [-0.3, -0.25) is 4.79 Å². The van der Waals surface area contributed by atoms with Crippen molar-refractivity contribution in [1.82, 2.24) is 15.8 Å². The average molecular weight is 309 g/mol. The zero-order valence-electron chi connectivity index (χ0n) is 13.3. The van der Waals surface area contributed by atoms with E-state index in [1.54, 1.807) is 26.8 Å². The van der Waals surface area contributed by atoms with Gasteiger partial charge in [0.2, 0.25) is 0 Å². The Kier molecular flexibility index (Phi) is 5.05. The van der Waals surface area contributed by atoms with Crippen LogP contribution < -0.4 is 10.6 Å². The van der Waals surface area contributed by atoms with Crippen LogP contribution in [0.5, 0.6) is 0 Å². The first-order chi connectivity index (χ1) is 10.3. The number of amides is 2. The summed E-state index contributed by atoms with van der Waals surface area (Å²) in [6, 6.07) is 1.70. The highest BCUT2D eigenvalue weighted by molar-refractivity contribution is 5.92. The van der Waals surface area contributed by atoms with Gasteiger partial charge in [-0.25, -0.2) is 4.79 Å². The van der Waals surface area contributed by atoms with Crippen molar-refractivity contribution in [1.29, 1.82) is 0 Å². The minimum absolute atomic E-state index is 0.257. The highest BCUT2D eigenvalue weighted by Gasteiger charge is 2.28. The Balaban J connectivity index is 1.59. The SMILES string of the molecule is CC(C)(C)OC(=O)NCCCNC(=O)c1cc(C2CC2)on1. The second kappa shape index (κ2) is 6.81. The largest absolute Gasteiger partial charge is 0.444 e. The summed E-state index contributed by atoms with van der Waals surface area (Å²) in [6.07, 6.45) is 2.36. The molecule has 1 fully saturated rings. The molecule has 1 aliphatic carbocycles. The highest BCUT2D eigenvalue weighted by Crippen LogP contribution is 2.40. The number of alkyl carbamates (subject to hydrolysis) is 1. The van der Waals surface area contributed by atoms with Gasteiger partial charge in [0.25, 0.3) is 5.91 Å². The van der Waals surface area contributed by atoms with Gasteiger partial charge >= 0.3 is 6.09 Å². The Morgan fingerprint density at radius 3 is 2.64 bits per heavy atom. The second-order valence-corrected chi connectivity index (χ2v) is 6.43. The Labute approximate surface area is 129 Å². The number of nitrogens with zero attached hydrogens (tertiary/aromatic N) is 1. The molecule has 1 aliphatic rings. The van der Waals surface area contributed by atoms with Crippen molar-refractivity contribution in [3.8, 4) is 0 Å². The van der Waals surface area contributed by atoms with Crippen molar-refractivity contribution in [3.05, 3.63) is 17.5 Å². The molecule has 0 spiro atoms. The lowest BCUT2D eigenvalue weighted by molar-refractivity contribution is 0.0527. The normalized spacial score (nSPS) is 14.5. The fourth-order valence-corrected chi connectivity index (χ4v) is 1.84.